The second-order valence-corrected chi connectivity index (χ2v) is 5.76. The van der Waals surface area contributed by atoms with Gasteiger partial charge in [0.1, 0.15) is 18.0 Å². The molecule has 0 aliphatic carbocycles. The minimum atomic E-state index is -0.472. The van der Waals surface area contributed by atoms with Gasteiger partial charge in [0.15, 0.2) is 0 Å². The summed E-state index contributed by atoms with van der Waals surface area (Å²) >= 11 is 0. The Kier molecular flexibility index (Phi) is 7.46. The molecule has 1 aromatic rings. The van der Waals surface area contributed by atoms with E-state index in [2.05, 4.69) is 5.32 Å². The third-order valence-electron chi connectivity index (χ3n) is 2.53. The van der Waals surface area contributed by atoms with Crippen molar-refractivity contribution in [2.75, 3.05) is 19.8 Å². The SMILES string of the molecule is CC(C)(C)OC(=O)NCCC=Cc1ccc(OCCO)cc1. The van der Waals surface area contributed by atoms with Gasteiger partial charge in [-0.25, -0.2) is 4.79 Å². The van der Waals surface area contributed by atoms with Gasteiger partial charge in [0.05, 0.1) is 6.61 Å². The molecule has 0 saturated carbocycles. The predicted molar refractivity (Wildman–Crippen MR) is 86.9 cm³/mol. The molecule has 0 radical (unpaired) electrons. The van der Waals surface area contributed by atoms with Crippen LogP contribution in [0.3, 0.4) is 0 Å². The molecule has 0 heterocycles. The Morgan fingerprint density at radius 3 is 2.55 bits per heavy atom. The quantitative estimate of drug-likeness (QED) is 0.760. The monoisotopic (exact) mass is 307 g/mol. The van der Waals surface area contributed by atoms with Crippen molar-refractivity contribution in [3.63, 3.8) is 0 Å². The van der Waals surface area contributed by atoms with Gasteiger partial charge in [-0.3, -0.25) is 0 Å². The number of hydrogen-bond acceptors (Lipinski definition) is 4. The van der Waals surface area contributed by atoms with E-state index in [4.69, 9.17) is 14.6 Å². The van der Waals surface area contributed by atoms with Gasteiger partial charge in [-0.05, 0) is 44.9 Å². The molecule has 0 bridgehead atoms. The fraction of sp³-hybridized carbons (Fsp3) is 0.471. The molecule has 0 unspecified atom stereocenters. The Bertz CT molecular complexity index is 474. The fourth-order valence-electron chi connectivity index (χ4n) is 1.63. The minimum absolute atomic E-state index is 0.00625. The van der Waals surface area contributed by atoms with Crippen molar-refractivity contribution in [3.8, 4) is 5.75 Å². The highest BCUT2D eigenvalue weighted by Gasteiger charge is 2.15. The van der Waals surface area contributed by atoms with Crippen LogP contribution in [0, 0.1) is 0 Å². The summed E-state index contributed by atoms with van der Waals surface area (Å²) in [5, 5.41) is 11.4. The molecule has 0 aliphatic heterocycles. The summed E-state index contributed by atoms with van der Waals surface area (Å²) in [4.78, 5) is 11.4. The normalized spacial score (nSPS) is 11.5. The zero-order chi connectivity index (χ0) is 16.4. The zero-order valence-corrected chi connectivity index (χ0v) is 13.5. The number of amides is 1. The Balaban J connectivity index is 2.27. The maximum Gasteiger partial charge on any atom is 0.407 e. The van der Waals surface area contributed by atoms with E-state index in [1.807, 2.05) is 57.2 Å². The molecule has 0 fully saturated rings. The van der Waals surface area contributed by atoms with Crippen LogP contribution in [0.5, 0.6) is 5.75 Å². The van der Waals surface area contributed by atoms with Crippen LogP contribution in [0.15, 0.2) is 30.3 Å². The molecule has 2 N–H and O–H groups in total. The number of benzene rings is 1. The number of ether oxygens (including phenoxy) is 2. The molecular formula is C17H25NO4. The van der Waals surface area contributed by atoms with E-state index >= 15 is 0 Å². The molecule has 0 spiro atoms. The molecule has 1 rings (SSSR count). The van der Waals surface area contributed by atoms with Gasteiger partial charge >= 0.3 is 6.09 Å². The van der Waals surface area contributed by atoms with Gasteiger partial charge < -0.3 is 19.9 Å². The van der Waals surface area contributed by atoms with Crippen LogP contribution in [0.4, 0.5) is 4.79 Å². The average molecular weight is 307 g/mol. The van der Waals surface area contributed by atoms with Crippen molar-refractivity contribution in [2.45, 2.75) is 32.8 Å². The molecule has 1 aromatic carbocycles. The third kappa shape index (κ3) is 8.32. The maximum atomic E-state index is 11.4. The molecular weight excluding hydrogens is 282 g/mol. The summed E-state index contributed by atoms with van der Waals surface area (Å²) in [6.07, 6.45) is 4.29. The van der Waals surface area contributed by atoms with Crippen LogP contribution < -0.4 is 10.1 Å². The number of alkyl carbamates (subject to hydrolysis) is 1. The number of aliphatic hydroxyl groups excluding tert-OH is 1. The number of carbonyl (C=O) groups excluding carboxylic acids is 1. The second kappa shape index (κ2) is 9.10. The van der Waals surface area contributed by atoms with E-state index < -0.39 is 11.7 Å². The highest BCUT2D eigenvalue weighted by Crippen LogP contribution is 2.13. The van der Waals surface area contributed by atoms with Crippen LogP contribution in [0.25, 0.3) is 6.08 Å². The smallest absolute Gasteiger partial charge is 0.407 e. The molecule has 1 amide bonds. The van der Waals surface area contributed by atoms with Crippen LogP contribution in [0.1, 0.15) is 32.8 Å². The number of nitrogens with one attached hydrogen (secondary N) is 1. The van der Waals surface area contributed by atoms with Crippen molar-refractivity contribution in [2.24, 2.45) is 0 Å². The van der Waals surface area contributed by atoms with E-state index in [1.165, 1.54) is 0 Å². The van der Waals surface area contributed by atoms with E-state index in [1.54, 1.807) is 0 Å². The zero-order valence-electron chi connectivity index (χ0n) is 13.5. The first kappa shape index (κ1) is 18.0. The summed E-state index contributed by atoms with van der Waals surface area (Å²) in [6.45, 7) is 6.34. The van der Waals surface area contributed by atoms with Gasteiger partial charge in [-0.2, -0.15) is 0 Å². The average Bonchev–Trinajstić information content (AvgIpc) is 2.44. The number of carbonyl (C=O) groups is 1. The van der Waals surface area contributed by atoms with Crippen molar-refractivity contribution < 1.29 is 19.4 Å². The largest absolute Gasteiger partial charge is 0.491 e. The van der Waals surface area contributed by atoms with Gasteiger partial charge in [-0.15, -0.1) is 0 Å². The Labute approximate surface area is 131 Å². The van der Waals surface area contributed by atoms with E-state index in [0.717, 1.165) is 17.7 Å². The van der Waals surface area contributed by atoms with Crippen molar-refractivity contribution in [1.82, 2.24) is 5.32 Å². The number of hydrogen-bond donors (Lipinski definition) is 2. The lowest BCUT2D eigenvalue weighted by atomic mass is 10.2. The van der Waals surface area contributed by atoms with E-state index in [9.17, 15) is 4.79 Å². The molecule has 5 nitrogen and oxygen atoms in total. The van der Waals surface area contributed by atoms with E-state index in [0.29, 0.717) is 13.2 Å². The molecule has 122 valence electrons. The first-order valence-corrected chi connectivity index (χ1v) is 7.38. The van der Waals surface area contributed by atoms with Crippen molar-refractivity contribution >= 4 is 12.2 Å². The lowest BCUT2D eigenvalue weighted by molar-refractivity contribution is 0.0529. The lowest BCUT2D eigenvalue weighted by Crippen LogP contribution is -2.32. The molecule has 0 saturated heterocycles. The second-order valence-electron chi connectivity index (χ2n) is 5.76. The minimum Gasteiger partial charge on any atom is -0.491 e. The number of rotatable bonds is 7. The Morgan fingerprint density at radius 2 is 1.95 bits per heavy atom. The molecule has 22 heavy (non-hydrogen) atoms. The molecule has 5 heteroatoms. The fourth-order valence-corrected chi connectivity index (χ4v) is 1.63. The van der Waals surface area contributed by atoms with Crippen molar-refractivity contribution in [3.05, 3.63) is 35.9 Å². The first-order chi connectivity index (χ1) is 10.4. The van der Waals surface area contributed by atoms with Gasteiger partial charge in [-0.1, -0.05) is 24.3 Å². The summed E-state index contributed by atoms with van der Waals surface area (Å²) in [5.74, 6) is 0.734. The van der Waals surface area contributed by atoms with Crippen LogP contribution in [-0.2, 0) is 4.74 Å². The molecule has 0 atom stereocenters. The first-order valence-electron chi connectivity index (χ1n) is 7.38. The lowest BCUT2D eigenvalue weighted by Gasteiger charge is -2.19. The molecule has 0 aliphatic rings. The summed E-state index contributed by atoms with van der Waals surface area (Å²) in [6, 6.07) is 7.58. The summed E-state index contributed by atoms with van der Waals surface area (Å²) < 4.78 is 10.4. The van der Waals surface area contributed by atoms with Gasteiger partial charge in [0, 0.05) is 6.54 Å². The third-order valence-corrected chi connectivity index (χ3v) is 2.53. The maximum absolute atomic E-state index is 11.4. The van der Waals surface area contributed by atoms with E-state index in [-0.39, 0.29) is 6.61 Å². The topological polar surface area (TPSA) is 67.8 Å². The van der Waals surface area contributed by atoms with Crippen LogP contribution in [-0.4, -0.2) is 36.6 Å². The highest BCUT2D eigenvalue weighted by atomic mass is 16.6. The summed E-state index contributed by atoms with van der Waals surface area (Å²) in [7, 11) is 0. The van der Waals surface area contributed by atoms with Gasteiger partial charge in [0.2, 0.25) is 0 Å². The molecule has 0 aromatic heterocycles. The van der Waals surface area contributed by atoms with Crippen LogP contribution >= 0.6 is 0 Å². The van der Waals surface area contributed by atoms with Crippen LogP contribution in [0.2, 0.25) is 0 Å². The highest BCUT2D eigenvalue weighted by molar-refractivity contribution is 5.67. The summed E-state index contributed by atoms with van der Waals surface area (Å²) in [5.41, 5.74) is 0.577. The Hall–Kier alpha value is -2.01. The predicted octanol–water partition coefficient (Wildman–Crippen LogP) is 2.99. The van der Waals surface area contributed by atoms with Crippen molar-refractivity contribution in [1.29, 1.82) is 0 Å². The van der Waals surface area contributed by atoms with Gasteiger partial charge in [0.25, 0.3) is 0 Å². The Morgan fingerprint density at radius 1 is 1.27 bits per heavy atom. The standard InChI is InChI=1S/C17H25NO4/c1-17(2,3)22-16(20)18-11-5-4-6-14-7-9-15(10-8-14)21-13-12-19/h4,6-10,19H,5,11-13H2,1-3H3,(H,18,20). The number of aliphatic hydroxyl groups is 1.